The maximum atomic E-state index is 13.9. The van der Waals surface area contributed by atoms with E-state index in [4.69, 9.17) is 5.73 Å². The molecule has 6 nitrogen and oxygen atoms in total. The van der Waals surface area contributed by atoms with E-state index in [0.717, 1.165) is 43.6 Å². The molecule has 1 aliphatic rings. The van der Waals surface area contributed by atoms with Crippen molar-refractivity contribution < 1.29 is 9.18 Å². The van der Waals surface area contributed by atoms with Crippen molar-refractivity contribution in [3.63, 3.8) is 0 Å². The number of benzene rings is 2. The summed E-state index contributed by atoms with van der Waals surface area (Å²) in [5.74, 6) is 0.206. The van der Waals surface area contributed by atoms with Gasteiger partial charge in [-0.25, -0.2) is 4.39 Å². The van der Waals surface area contributed by atoms with Crippen molar-refractivity contribution in [1.29, 1.82) is 0 Å². The molecule has 1 aliphatic heterocycles. The molecule has 4 N–H and O–H groups in total. The summed E-state index contributed by atoms with van der Waals surface area (Å²) in [6.07, 6.45) is 1.88. The van der Waals surface area contributed by atoms with Crippen LogP contribution in [0.2, 0.25) is 0 Å². The summed E-state index contributed by atoms with van der Waals surface area (Å²) in [5.41, 5.74) is 9.36. The highest BCUT2D eigenvalue weighted by molar-refractivity contribution is 5.80. The zero-order chi connectivity index (χ0) is 23.1. The Hall–Kier alpha value is -2.93. The van der Waals surface area contributed by atoms with E-state index in [1.54, 1.807) is 26.1 Å². The third kappa shape index (κ3) is 6.53. The Morgan fingerprint density at radius 1 is 1.28 bits per heavy atom. The third-order valence-corrected chi connectivity index (χ3v) is 6.04. The number of guanidine groups is 1. The first kappa shape index (κ1) is 23.7. The maximum absolute atomic E-state index is 13.9. The van der Waals surface area contributed by atoms with Crippen molar-refractivity contribution in [2.45, 2.75) is 45.8 Å². The molecule has 0 spiro atoms. The Kier molecular flexibility index (Phi) is 8.22. The number of hydrogen-bond acceptors (Lipinski definition) is 3. The lowest BCUT2D eigenvalue weighted by Crippen LogP contribution is -2.40. The lowest BCUT2D eigenvalue weighted by molar-refractivity contribution is -0.123. The molecule has 1 heterocycles. The Morgan fingerprint density at radius 3 is 2.78 bits per heavy atom. The minimum atomic E-state index is -0.202. The van der Waals surface area contributed by atoms with Gasteiger partial charge in [-0.2, -0.15) is 0 Å². The van der Waals surface area contributed by atoms with Gasteiger partial charge in [-0.1, -0.05) is 36.4 Å². The number of primary amides is 1. The van der Waals surface area contributed by atoms with Crippen LogP contribution in [-0.4, -0.2) is 36.9 Å². The van der Waals surface area contributed by atoms with Gasteiger partial charge in [-0.3, -0.25) is 14.7 Å². The van der Waals surface area contributed by atoms with E-state index in [9.17, 15) is 9.18 Å². The summed E-state index contributed by atoms with van der Waals surface area (Å²) in [5, 5.41) is 6.65. The highest BCUT2D eigenvalue weighted by atomic mass is 19.1. The number of aryl methyl sites for hydroxylation is 1. The molecular formula is C25H34FN5O. The number of carbonyl (C=O) groups excluding carboxylic acids is 1. The fourth-order valence-corrected chi connectivity index (χ4v) is 4.07. The fourth-order valence-electron chi connectivity index (χ4n) is 4.07. The Bertz CT molecular complexity index is 961. The van der Waals surface area contributed by atoms with Crippen molar-refractivity contribution in [1.82, 2.24) is 15.5 Å². The van der Waals surface area contributed by atoms with Crippen LogP contribution in [0, 0.1) is 18.7 Å². The molecule has 1 amide bonds. The van der Waals surface area contributed by atoms with Gasteiger partial charge in [-0.05, 0) is 61.6 Å². The minimum absolute atomic E-state index is 0.0491. The third-order valence-electron chi connectivity index (χ3n) is 6.04. The normalized spacial score (nSPS) is 18.2. The summed E-state index contributed by atoms with van der Waals surface area (Å²) < 4.78 is 13.9. The van der Waals surface area contributed by atoms with Crippen molar-refractivity contribution in [2.75, 3.05) is 20.1 Å². The summed E-state index contributed by atoms with van der Waals surface area (Å²) in [4.78, 5) is 18.1. The second-order valence-electron chi connectivity index (χ2n) is 8.60. The number of piperidine rings is 1. The first-order valence-corrected chi connectivity index (χ1v) is 11.2. The van der Waals surface area contributed by atoms with Crippen LogP contribution in [0.5, 0.6) is 0 Å². The Balaban J connectivity index is 1.55. The van der Waals surface area contributed by atoms with Crippen molar-refractivity contribution in [3.8, 4) is 0 Å². The number of aliphatic imine (C=N–C) groups is 1. The van der Waals surface area contributed by atoms with Gasteiger partial charge in [0.1, 0.15) is 5.82 Å². The second kappa shape index (κ2) is 11.1. The molecule has 32 heavy (non-hydrogen) atoms. The number of likely N-dealkylation sites (tertiary alicyclic amines) is 1. The molecule has 1 saturated heterocycles. The van der Waals surface area contributed by atoms with E-state index in [2.05, 4.69) is 44.8 Å². The number of halogens is 1. The molecule has 2 unspecified atom stereocenters. The van der Waals surface area contributed by atoms with Crippen LogP contribution in [0.25, 0.3) is 0 Å². The number of nitrogens with zero attached hydrogens (tertiary/aromatic N) is 2. The predicted molar refractivity (Wildman–Crippen MR) is 127 cm³/mol. The molecule has 3 rings (SSSR count). The van der Waals surface area contributed by atoms with Crippen molar-refractivity contribution in [3.05, 3.63) is 70.5 Å². The van der Waals surface area contributed by atoms with Gasteiger partial charge in [0.25, 0.3) is 0 Å². The summed E-state index contributed by atoms with van der Waals surface area (Å²) in [6, 6.07) is 13.6. The number of hydrogen-bond donors (Lipinski definition) is 3. The Labute approximate surface area is 190 Å². The topological polar surface area (TPSA) is 82.8 Å². The van der Waals surface area contributed by atoms with E-state index < -0.39 is 0 Å². The SMILES string of the molecule is CN=C(NCc1cccc(CN2CCCC(C(N)=O)C2)c1)NC(C)c1ccc(C)c(F)c1. The average molecular weight is 440 g/mol. The standard InChI is InChI=1S/C25H34FN5O/c1-17-9-10-21(13-23(17)26)18(2)30-25(28-3)29-14-19-6-4-7-20(12-19)15-31-11-5-8-22(16-31)24(27)32/h4,6-7,9-10,12-13,18,22H,5,8,11,14-16H2,1-3H3,(H2,27,32)(H2,28,29,30). The summed E-state index contributed by atoms with van der Waals surface area (Å²) in [6.45, 7) is 6.88. The number of nitrogens with two attached hydrogens (primary N) is 1. The van der Waals surface area contributed by atoms with Gasteiger partial charge in [0.05, 0.1) is 12.0 Å². The monoisotopic (exact) mass is 439 g/mol. The molecular weight excluding hydrogens is 405 g/mol. The molecule has 7 heteroatoms. The van der Waals surface area contributed by atoms with Crippen LogP contribution in [0.3, 0.4) is 0 Å². The van der Waals surface area contributed by atoms with Crippen LogP contribution >= 0.6 is 0 Å². The number of nitrogens with one attached hydrogen (secondary N) is 2. The van der Waals surface area contributed by atoms with Gasteiger partial charge < -0.3 is 16.4 Å². The van der Waals surface area contributed by atoms with Crippen LogP contribution < -0.4 is 16.4 Å². The minimum Gasteiger partial charge on any atom is -0.369 e. The second-order valence-corrected chi connectivity index (χ2v) is 8.60. The van der Waals surface area contributed by atoms with E-state index in [-0.39, 0.29) is 23.7 Å². The quantitative estimate of drug-likeness (QED) is 0.457. The van der Waals surface area contributed by atoms with Crippen molar-refractivity contribution >= 4 is 11.9 Å². The van der Waals surface area contributed by atoms with E-state index >= 15 is 0 Å². The molecule has 2 aromatic carbocycles. The summed E-state index contributed by atoms with van der Waals surface area (Å²) in [7, 11) is 1.72. The number of carbonyl (C=O) groups is 1. The molecule has 0 aliphatic carbocycles. The Morgan fingerprint density at radius 2 is 2.06 bits per heavy atom. The van der Waals surface area contributed by atoms with Gasteiger partial charge >= 0.3 is 0 Å². The molecule has 1 fully saturated rings. The molecule has 0 aromatic heterocycles. The molecule has 0 saturated carbocycles. The van der Waals surface area contributed by atoms with E-state index in [0.29, 0.717) is 18.1 Å². The number of amides is 1. The number of rotatable bonds is 7. The lowest BCUT2D eigenvalue weighted by atomic mass is 9.97. The van der Waals surface area contributed by atoms with E-state index in [1.807, 2.05) is 13.0 Å². The molecule has 0 radical (unpaired) electrons. The molecule has 172 valence electrons. The van der Waals surface area contributed by atoms with Crippen molar-refractivity contribution in [2.24, 2.45) is 16.6 Å². The van der Waals surface area contributed by atoms with Crippen LogP contribution in [0.4, 0.5) is 4.39 Å². The van der Waals surface area contributed by atoms with Gasteiger partial charge in [0.2, 0.25) is 5.91 Å². The van der Waals surface area contributed by atoms with Crippen LogP contribution in [0.1, 0.15) is 48.1 Å². The van der Waals surface area contributed by atoms with Gasteiger partial charge in [0.15, 0.2) is 5.96 Å². The predicted octanol–water partition coefficient (Wildman–Crippen LogP) is 3.26. The first-order valence-electron chi connectivity index (χ1n) is 11.2. The smallest absolute Gasteiger partial charge is 0.221 e. The van der Waals surface area contributed by atoms with Crippen LogP contribution in [0.15, 0.2) is 47.5 Å². The fraction of sp³-hybridized carbons (Fsp3) is 0.440. The zero-order valence-electron chi connectivity index (χ0n) is 19.2. The van der Waals surface area contributed by atoms with Gasteiger partial charge in [-0.15, -0.1) is 0 Å². The highest BCUT2D eigenvalue weighted by Gasteiger charge is 2.23. The molecule has 2 atom stereocenters. The first-order chi connectivity index (χ1) is 15.4. The van der Waals surface area contributed by atoms with Crippen LogP contribution in [-0.2, 0) is 17.9 Å². The average Bonchev–Trinajstić information content (AvgIpc) is 2.78. The molecule has 2 aromatic rings. The highest BCUT2D eigenvalue weighted by Crippen LogP contribution is 2.19. The van der Waals surface area contributed by atoms with Gasteiger partial charge in [0, 0.05) is 26.7 Å². The zero-order valence-corrected chi connectivity index (χ0v) is 19.2. The maximum Gasteiger partial charge on any atom is 0.221 e. The lowest BCUT2D eigenvalue weighted by Gasteiger charge is -2.31. The largest absolute Gasteiger partial charge is 0.369 e. The molecule has 0 bridgehead atoms. The van der Waals surface area contributed by atoms with E-state index in [1.165, 1.54) is 5.56 Å². The summed E-state index contributed by atoms with van der Waals surface area (Å²) >= 11 is 0.